The first kappa shape index (κ1) is 7.66. The molecule has 4 nitrogen and oxygen atoms in total. The number of fused-ring (bicyclic) bond motifs is 1. The van der Waals surface area contributed by atoms with Crippen LogP contribution in [0.1, 0.15) is 10.6 Å². The van der Waals surface area contributed by atoms with E-state index in [4.69, 9.17) is 0 Å². The van der Waals surface area contributed by atoms with Gasteiger partial charge in [0.2, 0.25) is 5.82 Å². The molecule has 0 bridgehead atoms. The lowest BCUT2D eigenvalue weighted by atomic mass is 10.5. The van der Waals surface area contributed by atoms with Crippen LogP contribution in [-0.2, 0) is 0 Å². The second-order valence-electron chi connectivity index (χ2n) is 2.24. The number of nitrogens with zero attached hydrogens (tertiary/aromatic N) is 3. The van der Waals surface area contributed by atoms with Crippen molar-refractivity contribution in [1.29, 1.82) is 0 Å². The molecule has 0 radical (unpaired) electrons. The van der Waals surface area contributed by atoms with Crippen molar-refractivity contribution in [3.05, 3.63) is 27.7 Å². The maximum absolute atomic E-state index is 10.3. The fourth-order valence-electron chi connectivity index (χ4n) is 0.925. The summed E-state index contributed by atoms with van der Waals surface area (Å²) >= 11 is 2.17. The number of carbonyl (C=O) groups is 1. The van der Waals surface area contributed by atoms with E-state index >= 15 is 0 Å². The highest BCUT2D eigenvalue weighted by molar-refractivity contribution is 14.1. The Morgan fingerprint density at radius 2 is 2.33 bits per heavy atom. The van der Waals surface area contributed by atoms with Crippen LogP contribution >= 0.6 is 22.6 Å². The smallest absolute Gasteiger partial charge is 0.214 e. The summed E-state index contributed by atoms with van der Waals surface area (Å²) in [5.41, 5.74) is 0.692. The molecule has 0 fully saturated rings. The summed E-state index contributed by atoms with van der Waals surface area (Å²) in [5.74, 6) is 0.219. The molecule has 0 aliphatic rings. The van der Waals surface area contributed by atoms with Crippen molar-refractivity contribution in [3.8, 4) is 0 Å². The molecule has 2 aromatic rings. The lowest BCUT2D eigenvalue weighted by Gasteiger charge is -1.89. The Morgan fingerprint density at radius 3 is 3.08 bits per heavy atom. The Kier molecular flexibility index (Phi) is 1.80. The van der Waals surface area contributed by atoms with E-state index in [0.717, 1.165) is 3.57 Å². The topological polar surface area (TPSA) is 47.3 Å². The molecule has 0 N–H and O–H groups in total. The van der Waals surface area contributed by atoms with Crippen molar-refractivity contribution in [1.82, 2.24) is 14.6 Å². The fraction of sp³-hybridized carbons (Fsp3) is 0. The van der Waals surface area contributed by atoms with E-state index in [0.29, 0.717) is 11.9 Å². The molecule has 2 heterocycles. The minimum absolute atomic E-state index is 0.219. The van der Waals surface area contributed by atoms with Gasteiger partial charge >= 0.3 is 0 Å². The van der Waals surface area contributed by atoms with Crippen molar-refractivity contribution >= 4 is 34.5 Å². The van der Waals surface area contributed by atoms with Crippen molar-refractivity contribution in [3.63, 3.8) is 0 Å². The van der Waals surface area contributed by atoms with Gasteiger partial charge in [0.1, 0.15) is 0 Å². The molecule has 60 valence electrons. The highest BCUT2D eigenvalue weighted by Crippen LogP contribution is 2.06. The van der Waals surface area contributed by atoms with Gasteiger partial charge in [-0.15, -0.1) is 5.10 Å². The number of halogens is 1. The van der Waals surface area contributed by atoms with Gasteiger partial charge in [-0.2, -0.15) is 0 Å². The maximum Gasteiger partial charge on any atom is 0.214 e. The van der Waals surface area contributed by atoms with Crippen LogP contribution in [0.15, 0.2) is 18.3 Å². The molecule has 0 saturated carbocycles. The number of rotatable bonds is 1. The van der Waals surface area contributed by atoms with E-state index in [9.17, 15) is 4.79 Å². The van der Waals surface area contributed by atoms with Gasteiger partial charge in [0.05, 0.1) is 0 Å². The van der Waals surface area contributed by atoms with Gasteiger partial charge in [-0.3, -0.25) is 4.79 Å². The lowest BCUT2D eigenvalue weighted by Crippen LogP contribution is -1.88. The third-order valence-electron chi connectivity index (χ3n) is 1.42. The number of carbonyl (C=O) groups excluding carboxylic acids is 1. The Morgan fingerprint density at radius 1 is 1.50 bits per heavy atom. The third kappa shape index (κ3) is 1.20. The Labute approximate surface area is 81.7 Å². The Bertz CT molecular complexity index is 437. The number of hydrogen-bond donors (Lipinski definition) is 0. The largest absolute Gasteiger partial charge is 0.294 e. The van der Waals surface area contributed by atoms with E-state index in [1.54, 1.807) is 4.52 Å². The molecular weight excluding hydrogens is 269 g/mol. The Hall–Kier alpha value is -0.980. The normalized spacial score (nSPS) is 10.4. The van der Waals surface area contributed by atoms with E-state index in [2.05, 4.69) is 32.7 Å². The van der Waals surface area contributed by atoms with Crippen molar-refractivity contribution in [2.45, 2.75) is 0 Å². The van der Waals surface area contributed by atoms with Crippen LogP contribution in [0, 0.1) is 3.57 Å². The molecular formula is C7H4IN3O. The molecule has 0 amide bonds. The SMILES string of the molecule is O=Cc1nc2ccc(I)cn2n1. The van der Waals surface area contributed by atoms with Crippen LogP contribution in [-0.4, -0.2) is 20.9 Å². The van der Waals surface area contributed by atoms with E-state index in [-0.39, 0.29) is 5.82 Å². The van der Waals surface area contributed by atoms with Gasteiger partial charge in [-0.05, 0) is 34.7 Å². The maximum atomic E-state index is 10.3. The zero-order valence-electron chi connectivity index (χ0n) is 5.94. The average molecular weight is 273 g/mol. The van der Waals surface area contributed by atoms with Gasteiger partial charge in [0, 0.05) is 9.77 Å². The molecule has 0 aromatic carbocycles. The minimum Gasteiger partial charge on any atom is -0.294 e. The molecule has 2 aromatic heterocycles. The lowest BCUT2D eigenvalue weighted by molar-refractivity contribution is 0.111. The second-order valence-corrected chi connectivity index (χ2v) is 3.48. The van der Waals surface area contributed by atoms with Crippen LogP contribution in [0.25, 0.3) is 5.65 Å². The number of hydrogen-bond acceptors (Lipinski definition) is 3. The summed E-state index contributed by atoms with van der Waals surface area (Å²) in [6.45, 7) is 0. The first-order chi connectivity index (χ1) is 5.79. The van der Waals surface area contributed by atoms with Gasteiger partial charge in [0.15, 0.2) is 11.9 Å². The molecule has 2 rings (SSSR count). The van der Waals surface area contributed by atoms with E-state index in [1.807, 2.05) is 18.3 Å². The van der Waals surface area contributed by atoms with Crippen molar-refractivity contribution in [2.75, 3.05) is 0 Å². The zero-order valence-corrected chi connectivity index (χ0v) is 8.09. The molecule has 12 heavy (non-hydrogen) atoms. The summed E-state index contributed by atoms with van der Waals surface area (Å²) < 4.78 is 2.65. The summed E-state index contributed by atoms with van der Waals surface area (Å²) in [4.78, 5) is 14.3. The monoisotopic (exact) mass is 273 g/mol. The zero-order chi connectivity index (χ0) is 8.55. The molecule has 0 aliphatic heterocycles. The summed E-state index contributed by atoms with van der Waals surface area (Å²) in [7, 11) is 0. The summed E-state index contributed by atoms with van der Waals surface area (Å²) in [6.07, 6.45) is 2.45. The van der Waals surface area contributed by atoms with Gasteiger partial charge in [-0.1, -0.05) is 0 Å². The van der Waals surface area contributed by atoms with E-state index in [1.165, 1.54) is 0 Å². The quantitative estimate of drug-likeness (QED) is 0.578. The van der Waals surface area contributed by atoms with Crippen LogP contribution in [0.3, 0.4) is 0 Å². The molecule has 0 atom stereocenters. The molecule has 0 unspecified atom stereocenters. The van der Waals surface area contributed by atoms with Crippen molar-refractivity contribution in [2.24, 2.45) is 0 Å². The molecule has 5 heteroatoms. The average Bonchev–Trinajstić information content (AvgIpc) is 2.46. The fourth-order valence-corrected chi connectivity index (χ4v) is 1.37. The molecule has 0 spiro atoms. The minimum atomic E-state index is 0.219. The third-order valence-corrected chi connectivity index (χ3v) is 2.05. The van der Waals surface area contributed by atoms with Gasteiger partial charge in [-0.25, -0.2) is 9.50 Å². The second kappa shape index (κ2) is 2.81. The highest BCUT2D eigenvalue weighted by Gasteiger charge is 2.00. The first-order valence-corrected chi connectivity index (χ1v) is 4.34. The van der Waals surface area contributed by atoms with Crippen LogP contribution in [0.4, 0.5) is 0 Å². The van der Waals surface area contributed by atoms with Gasteiger partial charge < -0.3 is 0 Å². The number of aromatic nitrogens is 3. The van der Waals surface area contributed by atoms with Crippen molar-refractivity contribution < 1.29 is 4.79 Å². The number of aldehydes is 1. The van der Waals surface area contributed by atoms with Gasteiger partial charge in [0.25, 0.3) is 0 Å². The predicted octanol–water partition coefficient (Wildman–Crippen LogP) is 1.15. The van der Waals surface area contributed by atoms with Crippen LogP contribution < -0.4 is 0 Å². The summed E-state index contributed by atoms with van der Waals surface area (Å²) in [6, 6.07) is 3.74. The van der Waals surface area contributed by atoms with Crippen LogP contribution in [0.2, 0.25) is 0 Å². The van der Waals surface area contributed by atoms with Crippen LogP contribution in [0.5, 0.6) is 0 Å². The Balaban J connectivity index is 2.75. The summed E-state index contributed by atoms with van der Waals surface area (Å²) in [5, 5.41) is 3.92. The predicted molar refractivity (Wildman–Crippen MR) is 51.1 cm³/mol. The van der Waals surface area contributed by atoms with E-state index < -0.39 is 0 Å². The molecule has 0 aliphatic carbocycles. The first-order valence-electron chi connectivity index (χ1n) is 3.27. The highest BCUT2D eigenvalue weighted by atomic mass is 127. The standard InChI is InChI=1S/C7H4IN3O/c8-5-1-2-7-9-6(4-12)10-11(7)3-5/h1-4H. The molecule has 0 saturated heterocycles. The number of pyridine rings is 1.